The summed E-state index contributed by atoms with van der Waals surface area (Å²) in [5.74, 6) is 1.69. The molecule has 0 aliphatic rings. The molecule has 2 rings (SSSR count). The number of aliphatic hydroxyl groups is 1. The van der Waals surface area contributed by atoms with Crippen molar-refractivity contribution in [2.24, 2.45) is 0 Å². The van der Waals surface area contributed by atoms with E-state index < -0.39 is 0 Å². The molecule has 1 aromatic heterocycles. The number of aromatic nitrogens is 3. The fraction of sp³-hybridized carbons (Fsp3) is 0.556. The normalized spacial score (nSPS) is 11.9. The molecule has 0 aliphatic carbocycles. The molecule has 1 heterocycles. The summed E-state index contributed by atoms with van der Waals surface area (Å²) in [5.41, 5.74) is 2.54. The van der Waals surface area contributed by atoms with Crippen molar-refractivity contribution >= 4 is 11.8 Å². The fourth-order valence-corrected chi connectivity index (χ4v) is 3.23. The van der Waals surface area contributed by atoms with Crippen LogP contribution in [0.5, 0.6) is 0 Å². The molecule has 0 radical (unpaired) electrons. The van der Waals surface area contributed by atoms with Crippen molar-refractivity contribution in [3.8, 4) is 11.4 Å². The number of aliphatic hydroxyl groups excluding tert-OH is 1. The SMILES string of the molecule is CCn1c(SCCOCCO)nnc1-c1ccc(C(C)(C)C)cc1. The van der Waals surface area contributed by atoms with Crippen LogP contribution < -0.4 is 0 Å². The van der Waals surface area contributed by atoms with Gasteiger partial charge >= 0.3 is 0 Å². The highest BCUT2D eigenvalue weighted by molar-refractivity contribution is 7.99. The minimum atomic E-state index is 0.0600. The van der Waals surface area contributed by atoms with E-state index >= 15 is 0 Å². The molecule has 0 aliphatic heterocycles. The zero-order valence-electron chi connectivity index (χ0n) is 15.0. The van der Waals surface area contributed by atoms with E-state index in [1.165, 1.54) is 5.56 Å². The summed E-state index contributed by atoms with van der Waals surface area (Å²) in [6, 6.07) is 8.57. The Morgan fingerprint density at radius 3 is 2.42 bits per heavy atom. The van der Waals surface area contributed by atoms with E-state index in [0.717, 1.165) is 28.8 Å². The Labute approximate surface area is 148 Å². The Hall–Kier alpha value is -1.37. The maximum atomic E-state index is 8.71. The maximum absolute atomic E-state index is 8.71. The van der Waals surface area contributed by atoms with Gasteiger partial charge in [0.2, 0.25) is 0 Å². The van der Waals surface area contributed by atoms with Gasteiger partial charge in [-0.3, -0.25) is 0 Å². The van der Waals surface area contributed by atoms with Crippen molar-refractivity contribution in [1.29, 1.82) is 0 Å². The fourth-order valence-electron chi connectivity index (χ4n) is 2.37. The van der Waals surface area contributed by atoms with Gasteiger partial charge in [-0.05, 0) is 17.9 Å². The van der Waals surface area contributed by atoms with E-state index in [9.17, 15) is 0 Å². The first-order valence-corrected chi connectivity index (χ1v) is 9.31. The lowest BCUT2D eigenvalue weighted by Crippen LogP contribution is -2.10. The van der Waals surface area contributed by atoms with Crippen LogP contribution in [-0.2, 0) is 16.7 Å². The molecule has 24 heavy (non-hydrogen) atoms. The molecule has 0 unspecified atom stereocenters. The van der Waals surface area contributed by atoms with E-state index in [4.69, 9.17) is 9.84 Å². The zero-order chi connectivity index (χ0) is 17.6. The van der Waals surface area contributed by atoms with Crippen LogP contribution in [0.4, 0.5) is 0 Å². The lowest BCUT2D eigenvalue weighted by molar-refractivity contribution is 0.103. The van der Waals surface area contributed by atoms with Gasteiger partial charge in [-0.1, -0.05) is 56.8 Å². The van der Waals surface area contributed by atoms with Crippen molar-refractivity contribution < 1.29 is 9.84 Å². The smallest absolute Gasteiger partial charge is 0.191 e. The topological polar surface area (TPSA) is 60.2 Å². The Bertz CT molecular complexity index is 633. The minimum Gasteiger partial charge on any atom is -0.394 e. The molecule has 1 N–H and O–H groups in total. The molecule has 0 saturated carbocycles. The monoisotopic (exact) mass is 349 g/mol. The van der Waals surface area contributed by atoms with Crippen LogP contribution >= 0.6 is 11.8 Å². The third-order valence-corrected chi connectivity index (χ3v) is 4.67. The van der Waals surface area contributed by atoms with Gasteiger partial charge in [0.1, 0.15) is 0 Å². The molecule has 0 saturated heterocycles. The highest BCUT2D eigenvalue weighted by atomic mass is 32.2. The molecule has 0 spiro atoms. The van der Waals surface area contributed by atoms with E-state index in [0.29, 0.717) is 13.2 Å². The average Bonchev–Trinajstić information content (AvgIpc) is 2.97. The van der Waals surface area contributed by atoms with Crippen LogP contribution in [0.3, 0.4) is 0 Å². The van der Waals surface area contributed by atoms with E-state index in [2.05, 4.69) is 66.7 Å². The van der Waals surface area contributed by atoms with Gasteiger partial charge in [0, 0.05) is 17.9 Å². The van der Waals surface area contributed by atoms with E-state index in [-0.39, 0.29) is 12.0 Å². The van der Waals surface area contributed by atoms with Crippen molar-refractivity contribution in [1.82, 2.24) is 14.8 Å². The molecule has 132 valence electrons. The number of nitrogens with zero attached hydrogens (tertiary/aromatic N) is 3. The van der Waals surface area contributed by atoms with Gasteiger partial charge in [-0.2, -0.15) is 0 Å². The van der Waals surface area contributed by atoms with Crippen LogP contribution in [0.1, 0.15) is 33.3 Å². The third-order valence-electron chi connectivity index (χ3n) is 3.74. The van der Waals surface area contributed by atoms with E-state index in [1.54, 1.807) is 11.8 Å². The molecular formula is C18H27N3O2S. The summed E-state index contributed by atoms with van der Waals surface area (Å²) in [6.07, 6.45) is 0. The highest BCUT2D eigenvalue weighted by Gasteiger charge is 2.16. The Morgan fingerprint density at radius 1 is 1.12 bits per heavy atom. The Kier molecular flexibility index (Phi) is 6.83. The first-order valence-electron chi connectivity index (χ1n) is 8.33. The summed E-state index contributed by atoms with van der Waals surface area (Å²) >= 11 is 1.63. The number of ether oxygens (including phenoxy) is 1. The van der Waals surface area contributed by atoms with Crippen molar-refractivity contribution in [3.63, 3.8) is 0 Å². The predicted octanol–water partition coefficient (Wildman–Crippen LogP) is 3.36. The predicted molar refractivity (Wildman–Crippen MR) is 98.5 cm³/mol. The highest BCUT2D eigenvalue weighted by Crippen LogP contribution is 2.27. The summed E-state index contributed by atoms with van der Waals surface area (Å²) < 4.78 is 7.41. The van der Waals surface area contributed by atoms with Crippen LogP contribution in [-0.4, -0.2) is 45.4 Å². The molecule has 0 atom stereocenters. The van der Waals surface area contributed by atoms with Gasteiger partial charge in [-0.25, -0.2) is 0 Å². The average molecular weight is 350 g/mol. The second kappa shape index (κ2) is 8.65. The van der Waals surface area contributed by atoms with Crippen LogP contribution in [0.15, 0.2) is 29.4 Å². The summed E-state index contributed by atoms with van der Waals surface area (Å²) in [5, 5.41) is 18.3. The largest absolute Gasteiger partial charge is 0.394 e. The van der Waals surface area contributed by atoms with Crippen molar-refractivity contribution in [2.45, 2.75) is 44.8 Å². The first kappa shape index (κ1) is 19.0. The van der Waals surface area contributed by atoms with Gasteiger partial charge in [0.05, 0.1) is 19.8 Å². The number of hydrogen-bond acceptors (Lipinski definition) is 5. The minimum absolute atomic E-state index is 0.0600. The van der Waals surface area contributed by atoms with E-state index in [1.807, 2.05) is 0 Å². The van der Waals surface area contributed by atoms with Gasteiger partial charge in [-0.15, -0.1) is 10.2 Å². The molecular weight excluding hydrogens is 322 g/mol. The number of hydrogen-bond donors (Lipinski definition) is 1. The quantitative estimate of drug-likeness (QED) is 0.585. The molecule has 1 aromatic carbocycles. The molecule has 6 heteroatoms. The standard InChI is InChI=1S/C18H27N3O2S/c1-5-21-16(14-6-8-15(9-7-14)18(2,3)4)19-20-17(21)24-13-12-23-11-10-22/h6-9,22H,5,10-13H2,1-4H3. The lowest BCUT2D eigenvalue weighted by Gasteiger charge is -2.19. The van der Waals surface area contributed by atoms with Gasteiger partial charge in [0.25, 0.3) is 0 Å². The van der Waals surface area contributed by atoms with Crippen molar-refractivity contribution in [2.75, 3.05) is 25.6 Å². The molecule has 5 nitrogen and oxygen atoms in total. The van der Waals surface area contributed by atoms with Crippen LogP contribution in [0, 0.1) is 0 Å². The zero-order valence-corrected chi connectivity index (χ0v) is 15.8. The van der Waals surface area contributed by atoms with Crippen LogP contribution in [0.25, 0.3) is 11.4 Å². The molecule has 0 bridgehead atoms. The number of benzene rings is 1. The van der Waals surface area contributed by atoms with Gasteiger partial charge < -0.3 is 14.4 Å². The molecule has 0 fully saturated rings. The Morgan fingerprint density at radius 2 is 1.83 bits per heavy atom. The summed E-state index contributed by atoms with van der Waals surface area (Å²) in [7, 11) is 0. The second-order valence-corrected chi connectivity index (χ2v) is 7.62. The summed E-state index contributed by atoms with van der Waals surface area (Å²) in [4.78, 5) is 0. The van der Waals surface area contributed by atoms with Crippen molar-refractivity contribution in [3.05, 3.63) is 29.8 Å². The number of rotatable bonds is 8. The maximum Gasteiger partial charge on any atom is 0.191 e. The molecule has 0 amide bonds. The molecule has 2 aromatic rings. The Balaban J connectivity index is 2.10. The van der Waals surface area contributed by atoms with Crippen LogP contribution in [0.2, 0.25) is 0 Å². The lowest BCUT2D eigenvalue weighted by atomic mass is 9.87. The third kappa shape index (κ3) is 4.82. The number of thioether (sulfide) groups is 1. The first-order chi connectivity index (χ1) is 11.5. The van der Waals surface area contributed by atoms with Gasteiger partial charge in [0.15, 0.2) is 11.0 Å². The summed E-state index contributed by atoms with van der Waals surface area (Å²) in [6.45, 7) is 10.6. The second-order valence-electron chi connectivity index (χ2n) is 6.56.